The second-order valence-electron chi connectivity index (χ2n) is 4.95. The van der Waals surface area contributed by atoms with Crippen LogP contribution in [0.1, 0.15) is 24.2 Å². The summed E-state index contributed by atoms with van der Waals surface area (Å²) in [5, 5.41) is 19.0. The first-order valence-corrected chi connectivity index (χ1v) is 6.85. The number of urea groups is 1. The highest BCUT2D eigenvalue weighted by atomic mass is 16.3. The van der Waals surface area contributed by atoms with Crippen molar-refractivity contribution in [3.63, 3.8) is 0 Å². The summed E-state index contributed by atoms with van der Waals surface area (Å²) in [6, 6.07) is 6.86. The fourth-order valence-corrected chi connectivity index (χ4v) is 1.94. The average Bonchev–Trinajstić information content (AvgIpc) is 2.85. The topological polar surface area (TPSA) is 79.2 Å². The summed E-state index contributed by atoms with van der Waals surface area (Å²) in [6.07, 6.45) is 3.94. The minimum atomic E-state index is -0.507. The molecule has 6 heteroatoms. The van der Waals surface area contributed by atoms with Crippen LogP contribution in [0, 0.1) is 0 Å². The number of aliphatic hydroxyl groups is 1. The van der Waals surface area contributed by atoms with E-state index in [1.54, 1.807) is 42.1 Å². The molecule has 21 heavy (non-hydrogen) atoms. The van der Waals surface area contributed by atoms with Crippen LogP contribution in [0.15, 0.2) is 36.7 Å². The van der Waals surface area contributed by atoms with Gasteiger partial charge in [-0.3, -0.25) is 4.68 Å². The summed E-state index contributed by atoms with van der Waals surface area (Å²) in [7, 11) is 1.86. The number of carbonyl (C=O) groups excluding carboxylic acids is 1. The molecule has 0 aliphatic heterocycles. The molecule has 0 saturated heterocycles. The second kappa shape index (κ2) is 6.90. The van der Waals surface area contributed by atoms with Gasteiger partial charge in [-0.15, -0.1) is 0 Å². The third kappa shape index (κ3) is 4.61. The van der Waals surface area contributed by atoms with Gasteiger partial charge in [-0.1, -0.05) is 12.1 Å². The van der Waals surface area contributed by atoms with Crippen LogP contribution in [0.2, 0.25) is 0 Å². The molecule has 3 N–H and O–H groups in total. The summed E-state index contributed by atoms with van der Waals surface area (Å²) >= 11 is 0. The molecule has 1 aromatic heterocycles. The van der Waals surface area contributed by atoms with Crippen LogP contribution in [0.5, 0.6) is 0 Å². The standard InChI is InChI=1S/C15H20N4O2/c1-11(20)13-3-5-14(6-4-13)18-15(21)16-8-7-12-9-17-19(2)10-12/h3-6,9-11,20H,7-8H2,1-2H3,(H2,16,18,21). The van der Waals surface area contributed by atoms with E-state index >= 15 is 0 Å². The van der Waals surface area contributed by atoms with E-state index in [0.29, 0.717) is 12.2 Å². The van der Waals surface area contributed by atoms with Gasteiger partial charge >= 0.3 is 6.03 Å². The minimum Gasteiger partial charge on any atom is -0.389 e. The highest BCUT2D eigenvalue weighted by Gasteiger charge is 2.04. The molecule has 0 bridgehead atoms. The van der Waals surface area contributed by atoms with Gasteiger partial charge in [0.1, 0.15) is 0 Å². The van der Waals surface area contributed by atoms with Crippen molar-refractivity contribution in [1.82, 2.24) is 15.1 Å². The summed E-state index contributed by atoms with van der Waals surface area (Å²) in [5.41, 5.74) is 2.59. The largest absolute Gasteiger partial charge is 0.389 e. The number of nitrogens with zero attached hydrogens (tertiary/aromatic N) is 2. The molecule has 112 valence electrons. The maximum absolute atomic E-state index is 11.7. The molecule has 0 aliphatic carbocycles. The molecule has 0 aliphatic rings. The Bertz CT molecular complexity index is 590. The molecule has 6 nitrogen and oxygen atoms in total. The van der Waals surface area contributed by atoms with E-state index in [4.69, 9.17) is 0 Å². The monoisotopic (exact) mass is 288 g/mol. The molecule has 1 unspecified atom stereocenters. The van der Waals surface area contributed by atoms with Crippen molar-refractivity contribution >= 4 is 11.7 Å². The van der Waals surface area contributed by atoms with E-state index in [0.717, 1.165) is 17.5 Å². The Kier molecular flexibility index (Phi) is 4.94. The third-order valence-corrected chi connectivity index (χ3v) is 3.11. The molecule has 0 saturated carbocycles. The van der Waals surface area contributed by atoms with E-state index in [-0.39, 0.29) is 6.03 Å². The van der Waals surface area contributed by atoms with Gasteiger partial charge in [0, 0.05) is 25.5 Å². The number of rotatable bonds is 5. The Morgan fingerprint density at radius 2 is 2.10 bits per heavy atom. The van der Waals surface area contributed by atoms with Crippen LogP contribution in [0.25, 0.3) is 0 Å². The van der Waals surface area contributed by atoms with Crippen molar-refractivity contribution in [2.45, 2.75) is 19.4 Å². The Labute approximate surface area is 123 Å². The molecular weight excluding hydrogens is 268 g/mol. The zero-order valence-electron chi connectivity index (χ0n) is 12.2. The summed E-state index contributed by atoms with van der Waals surface area (Å²) < 4.78 is 1.74. The Balaban J connectivity index is 1.76. The first-order chi connectivity index (χ1) is 10.0. The van der Waals surface area contributed by atoms with Crippen LogP contribution >= 0.6 is 0 Å². The maximum Gasteiger partial charge on any atom is 0.319 e. The fourth-order valence-electron chi connectivity index (χ4n) is 1.94. The van der Waals surface area contributed by atoms with Gasteiger partial charge in [-0.25, -0.2) is 4.79 Å². The van der Waals surface area contributed by atoms with Crippen LogP contribution in [-0.2, 0) is 13.5 Å². The van der Waals surface area contributed by atoms with Crippen LogP contribution in [-0.4, -0.2) is 27.5 Å². The molecule has 2 aromatic rings. The first-order valence-electron chi connectivity index (χ1n) is 6.85. The lowest BCUT2D eigenvalue weighted by Crippen LogP contribution is -2.30. The lowest BCUT2D eigenvalue weighted by Gasteiger charge is -2.09. The van der Waals surface area contributed by atoms with E-state index in [2.05, 4.69) is 15.7 Å². The van der Waals surface area contributed by atoms with Crippen LogP contribution < -0.4 is 10.6 Å². The molecule has 1 heterocycles. The van der Waals surface area contributed by atoms with Crippen molar-refractivity contribution in [3.8, 4) is 0 Å². The van der Waals surface area contributed by atoms with E-state index in [1.807, 2.05) is 13.2 Å². The van der Waals surface area contributed by atoms with Gasteiger partial charge in [-0.05, 0) is 36.6 Å². The fraction of sp³-hybridized carbons (Fsp3) is 0.333. The van der Waals surface area contributed by atoms with Gasteiger partial charge in [0.2, 0.25) is 0 Å². The number of amides is 2. The zero-order chi connectivity index (χ0) is 15.2. The highest BCUT2D eigenvalue weighted by Crippen LogP contribution is 2.15. The van der Waals surface area contributed by atoms with Gasteiger partial charge in [0.25, 0.3) is 0 Å². The lowest BCUT2D eigenvalue weighted by molar-refractivity contribution is 0.199. The number of aryl methyl sites for hydroxylation is 1. The van der Waals surface area contributed by atoms with Gasteiger partial charge in [0.05, 0.1) is 12.3 Å². The van der Waals surface area contributed by atoms with E-state index in [1.165, 1.54) is 0 Å². The number of hydrogen-bond acceptors (Lipinski definition) is 3. The van der Waals surface area contributed by atoms with E-state index < -0.39 is 6.10 Å². The van der Waals surface area contributed by atoms with E-state index in [9.17, 15) is 9.90 Å². The third-order valence-electron chi connectivity index (χ3n) is 3.11. The first kappa shape index (κ1) is 15.1. The predicted octanol–water partition coefficient (Wildman–Crippen LogP) is 1.84. The van der Waals surface area contributed by atoms with Crippen LogP contribution in [0.4, 0.5) is 10.5 Å². The summed E-state index contributed by atoms with van der Waals surface area (Å²) in [6.45, 7) is 2.25. The lowest BCUT2D eigenvalue weighted by atomic mass is 10.1. The van der Waals surface area contributed by atoms with Crippen molar-refractivity contribution in [3.05, 3.63) is 47.8 Å². The molecule has 2 amide bonds. The van der Waals surface area contributed by atoms with Gasteiger partial charge in [0.15, 0.2) is 0 Å². The number of anilines is 1. The number of benzene rings is 1. The molecule has 1 atom stereocenters. The normalized spacial score (nSPS) is 12.0. The average molecular weight is 288 g/mol. The molecule has 1 aromatic carbocycles. The van der Waals surface area contributed by atoms with Gasteiger partial charge in [-0.2, -0.15) is 5.10 Å². The summed E-state index contributed by atoms with van der Waals surface area (Å²) in [5.74, 6) is 0. The van der Waals surface area contributed by atoms with Crippen molar-refractivity contribution in [1.29, 1.82) is 0 Å². The highest BCUT2D eigenvalue weighted by molar-refractivity contribution is 5.89. The minimum absolute atomic E-state index is 0.247. The molecular formula is C15H20N4O2. The van der Waals surface area contributed by atoms with Crippen LogP contribution in [0.3, 0.4) is 0 Å². The smallest absolute Gasteiger partial charge is 0.319 e. The summed E-state index contributed by atoms with van der Waals surface area (Å²) in [4.78, 5) is 11.7. The Morgan fingerprint density at radius 3 is 2.67 bits per heavy atom. The number of aromatic nitrogens is 2. The number of hydrogen-bond donors (Lipinski definition) is 3. The van der Waals surface area contributed by atoms with Crippen molar-refractivity contribution in [2.24, 2.45) is 7.05 Å². The second-order valence-corrected chi connectivity index (χ2v) is 4.95. The Morgan fingerprint density at radius 1 is 1.38 bits per heavy atom. The number of nitrogens with one attached hydrogen (secondary N) is 2. The molecule has 0 fully saturated rings. The molecule has 0 spiro atoms. The number of carbonyl (C=O) groups is 1. The molecule has 2 rings (SSSR count). The SMILES string of the molecule is CC(O)c1ccc(NC(=O)NCCc2cnn(C)c2)cc1. The van der Waals surface area contributed by atoms with Crippen molar-refractivity contribution in [2.75, 3.05) is 11.9 Å². The molecule has 0 radical (unpaired) electrons. The van der Waals surface area contributed by atoms with Crippen molar-refractivity contribution < 1.29 is 9.90 Å². The zero-order valence-corrected chi connectivity index (χ0v) is 12.2. The Hall–Kier alpha value is -2.34. The van der Waals surface area contributed by atoms with Gasteiger partial charge < -0.3 is 15.7 Å². The quantitative estimate of drug-likeness (QED) is 0.785. The number of aliphatic hydroxyl groups excluding tert-OH is 1. The predicted molar refractivity (Wildman–Crippen MR) is 81.0 cm³/mol. The maximum atomic E-state index is 11.7.